The molecule has 1 saturated heterocycles. The molecule has 0 aromatic carbocycles. The first-order valence-corrected chi connectivity index (χ1v) is 3.64. The van der Waals surface area contributed by atoms with E-state index in [0.29, 0.717) is 5.92 Å². The zero-order chi connectivity index (χ0) is 7.14. The van der Waals surface area contributed by atoms with E-state index in [0.717, 1.165) is 12.8 Å². The molecular formula is C7H10O3. The maximum absolute atomic E-state index is 10.6. The third kappa shape index (κ3) is 0.696. The van der Waals surface area contributed by atoms with Gasteiger partial charge in [0.2, 0.25) is 0 Å². The fourth-order valence-corrected chi connectivity index (χ4v) is 1.70. The lowest BCUT2D eigenvalue weighted by atomic mass is 10.1. The first kappa shape index (κ1) is 6.01. The van der Waals surface area contributed by atoms with Crippen LogP contribution in [0, 0.1) is 5.92 Å². The Bertz CT molecular complexity index is 166. The summed E-state index contributed by atoms with van der Waals surface area (Å²) in [6.07, 6.45) is 1.71. The molecule has 0 bridgehead atoms. The van der Waals surface area contributed by atoms with E-state index in [-0.39, 0.29) is 12.2 Å². The Balaban J connectivity index is 2.12. The molecule has 3 atom stereocenters. The zero-order valence-corrected chi connectivity index (χ0v) is 5.87. The van der Waals surface area contributed by atoms with Crippen LogP contribution in [0.2, 0.25) is 0 Å². The maximum atomic E-state index is 10.6. The van der Waals surface area contributed by atoms with Crippen LogP contribution < -0.4 is 0 Å². The zero-order valence-electron chi connectivity index (χ0n) is 5.87. The molecule has 1 saturated carbocycles. The predicted octanol–water partition coefficient (Wildman–Crippen LogP) is 1.32. The third-order valence-electron chi connectivity index (χ3n) is 2.31. The summed E-state index contributed by atoms with van der Waals surface area (Å²) in [5.41, 5.74) is 0. The highest BCUT2D eigenvalue weighted by molar-refractivity contribution is 5.62. The van der Waals surface area contributed by atoms with E-state index in [9.17, 15) is 4.79 Å². The molecule has 0 N–H and O–H groups in total. The van der Waals surface area contributed by atoms with Gasteiger partial charge in [-0.3, -0.25) is 0 Å². The summed E-state index contributed by atoms with van der Waals surface area (Å²) in [7, 11) is 0. The van der Waals surface area contributed by atoms with Crippen LogP contribution in [-0.2, 0) is 9.47 Å². The number of rotatable bonds is 0. The van der Waals surface area contributed by atoms with Gasteiger partial charge in [0.15, 0.2) is 0 Å². The molecule has 2 aliphatic rings. The van der Waals surface area contributed by atoms with Crippen molar-refractivity contribution in [2.45, 2.75) is 32.0 Å². The quantitative estimate of drug-likeness (QED) is 0.478. The SMILES string of the molecule is CC1CCC2OC(=O)OC12. The molecule has 1 heterocycles. The average molecular weight is 142 g/mol. The molecule has 1 aliphatic heterocycles. The Morgan fingerprint density at radius 1 is 1.40 bits per heavy atom. The lowest BCUT2D eigenvalue weighted by Crippen LogP contribution is -2.19. The largest absolute Gasteiger partial charge is 0.509 e. The summed E-state index contributed by atoms with van der Waals surface area (Å²) in [6.45, 7) is 2.09. The first-order chi connectivity index (χ1) is 4.77. The molecule has 10 heavy (non-hydrogen) atoms. The highest BCUT2D eigenvalue weighted by Crippen LogP contribution is 2.34. The fourth-order valence-electron chi connectivity index (χ4n) is 1.70. The standard InChI is InChI=1S/C7H10O3/c1-4-2-3-5-6(4)10-7(8)9-5/h4-6H,2-3H2,1H3. The van der Waals surface area contributed by atoms with Gasteiger partial charge >= 0.3 is 6.16 Å². The van der Waals surface area contributed by atoms with E-state index >= 15 is 0 Å². The highest BCUT2D eigenvalue weighted by atomic mass is 16.8. The van der Waals surface area contributed by atoms with E-state index in [1.165, 1.54) is 0 Å². The van der Waals surface area contributed by atoms with Crippen molar-refractivity contribution < 1.29 is 14.3 Å². The van der Waals surface area contributed by atoms with Crippen molar-refractivity contribution in [2.24, 2.45) is 5.92 Å². The Morgan fingerprint density at radius 2 is 2.20 bits per heavy atom. The molecule has 56 valence electrons. The minimum atomic E-state index is -0.485. The van der Waals surface area contributed by atoms with Crippen LogP contribution in [0.5, 0.6) is 0 Å². The topological polar surface area (TPSA) is 35.5 Å². The van der Waals surface area contributed by atoms with Crippen molar-refractivity contribution in [1.29, 1.82) is 0 Å². The smallest absolute Gasteiger partial charge is 0.427 e. The van der Waals surface area contributed by atoms with Gasteiger partial charge in [-0.2, -0.15) is 0 Å². The number of hydrogen-bond acceptors (Lipinski definition) is 3. The Hall–Kier alpha value is -0.730. The van der Waals surface area contributed by atoms with Crippen LogP contribution in [0.15, 0.2) is 0 Å². The van der Waals surface area contributed by atoms with Crippen molar-refractivity contribution in [2.75, 3.05) is 0 Å². The van der Waals surface area contributed by atoms with E-state index in [1.807, 2.05) is 0 Å². The van der Waals surface area contributed by atoms with Gasteiger partial charge in [-0.15, -0.1) is 0 Å². The number of ether oxygens (including phenoxy) is 2. The predicted molar refractivity (Wildman–Crippen MR) is 33.5 cm³/mol. The van der Waals surface area contributed by atoms with Crippen LogP contribution in [0.1, 0.15) is 19.8 Å². The van der Waals surface area contributed by atoms with Gasteiger partial charge in [0.05, 0.1) is 0 Å². The lowest BCUT2D eigenvalue weighted by molar-refractivity contribution is 0.101. The second kappa shape index (κ2) is 1.87. The lowest BCUT2D eigenvalue weighted by Gasteiger charge is -2.07. The molecule has 0 aromatic rings. The molecule has 0 amide bonds. The van der Waals surface area contributed by atoms with Gasteiger partial charge in [-0.1, -0.05) is 6.92 Å². The Morgan fingerprint density at radius 3 is 2.90 bits per heavy atom. The summed E-state index contributed by atoms with van der Waals surface area (Å²) >= 11 is 0. The van der Waals surface area contributed by atoms with Crippen molar-refractivity contribution in [1.82, 2.24) is 0 Å². The maximum Gasteiger partial charge on any atom is 0.509 e. The van der Waals surface area contributed by atoms with Crippen LogP contribution in [0.3, 0.4) is 0 Å². The van der Waals surface area contributed by atoms with Gasteiger partial charge in [-0.05, 0) is 18.8 Å². The molecule has 2 rings (SSSR count). The molecule has 3 unspecified atom stereocenters. The molecule has 0 radical (unpaired) electrons. The van der Waals surface area contributed by atoms with E-state index in [1.54, 1.807) is 0 Å². The fraction of sp³-hybridized carbons (Fsp3) is 0.857. The molecule has 3 nitrogen and oxygen atoms in total. The van der Waals surface area contributed by atoms with Gasteiger partial charge in [0, 0.05) is 0 Å². The Labute approximate surface area is 59.3 Å². The molecule has 0 spiro atoms. The van der Waals surface area contributed by atoms with Crippen LogP contribution in [0.25, 0.3) is 0 Å². The normalized spacial score (nSPS) is 44.5. The van der Waals surface area contributed by atoms with Gasteiger partial charge < -0.3 is 9.47 Å². The van der Waals surface area contributed by atoms with Gasteiger partial charge in [0.1, 0.15) is 12.2 Å². The number of carbonyl (C=O) groups is 1. The van der Waals surface area contributed by atoms with E-state index in [2.05, 4.69) is 6.92 Å². The second-order valence-electron chi connectivity index (χ2n) is 3.04. The molecule has 0 aromatic heterocycles. The summed E-state index contributed by atoms with van der Waals surface area (Å²) in [6, 6.07) is 0. The summed E-state index contributed by atoms with van der Waals surface area (Å²) in [5, 5.41) is 0. The third-order valence-corrected chi connectivity index (χ3v) is 2.31. The molecular weight excluding hydrogens is 132 g/mol. The second-order valence-corrected chi connectivity index (χ2v) is 3.04. The minimum Gasteiger partial charge on any atom is -0.427 e. The van der Waals surface area contributed by atoms with E-state index in [4.69, 9.17) is 9.47 Å². The van der Waals surface area contributed by atoms with Crippen molar-refractivity contribution >= 4 is 6.16 Å². The van der Waals surface area contributed by atoms with Crippen molar-refractivity contribution in [3.63, 3.8) is 0 Å². The average Bonchev–Trinajstić information content (AvgIpc) is 2.35. The van der Waals surface area contributed by atoms with Crippen LogP contribution in [-0.4, -0.2) is 18.4 Å². The first-order valence-electron chi connectivity index (χ1n) is 3.64. The highest BCUT2D eigenvalue weighted by Gasteiger charge is 2.44. The summed E-state index contributed by atoms with van der Waals surface area (Å²) in [5.74, 6) is 0.483. The van der Waals surface area contributed by atoms with Gasteiger partial charge in [0.25, 0.3) is 0 Å². The van der Waals surface area contributed by atoms with Crippen molar-refractivity contribution in [3.8, 4) is 0 Å². The van der Waals surface area contributed by atoms with Gasteiger partial charge in [-0.25, -0.2) is 4.79 Å². The number of carbonyl (C=O) groups excluding carboxylic acids is 1. The van der Waals surface area contributed by atoms with Crippen LogP contribution >= 0.6 is 0 Å². The summed E-state index contributed by atoms with van der Waals surface area (Å²) in [4.78, 5) is 10.6. The van der Waals surface area contributed by atoms with Crippen LogP contribution in [0.4, 0.5) is 4.79 Å². The number of fused-ring (bicyclic) bond motifs is 1. The number of hydrogen-bond donors (Lipinski definition) is 0. The monoisotopic (exact) mass is 142 g/mol. The summed E-state index contributed by atoms with van der Waals surface area (Å²) < 4.78 is 9.83. The van der Waals surface area contributed by atoms with E-state index < -0.39 is 6.16 Å². The minimum absolute atomic E-state index is 0.0486. The van der Waals surface area contributed by atoms with Crippen molar-refractivity contribution in [3.05, 3.63) is 0 Å². The molecule has 1 aliphatic carbocycles. The molecule has 3 heteroatoms. The Kier molecular flexibility index (Phi) is 1.13. The molecule has 2 fully saturated rings.